The summed E-state index contributed by atoms with van der Waals surface area (Å²) in [6.07, 6.45) is 0. The number of carbonyl (C=O) groups is 1. The average Bonchev–Trinajstić information content (AvgIpc) is 2.29. The molecule has 0 bridgehead atoms. The predicted octanol–water partition coefficient (Wildman–Crippen LogP) is 1.27. The van der Waals surface area contributed by atoms with Crippen molar-refractivity contribution >= 4 is 22.4 Å². The van der Waals surface area contributed by atoms with Crippen LogP contribution in [0.4, 0.5) is 5.69 Å². The third-order valence-electron chi connectivity index (χ3n) is 1.91. The Kier molecular flexibility index (Phi) is 4.67. The van der Waals surface area contributed by atoms with E-state index in [-0.39, 0.29) is 11.7 Å². The number of hydrogen-bond acceptors (Lipinski definition) is 3. The predicted molar refractivity (Wildman–Crippen MR) is 63.3 cm³/mol. The number of benzene rings is 1. The fourth-order valence-electron chi connectivity index (χ4n) is 1.07. The lowest BCUT2D eigenvalue weighted by Crippen LogP contribution is -2.20. The first-order valence-corrected chi connectivity index (χ1v) is 6.29. The Morgan fingerprint density at radius 2 is 2.06 bits per heavy atom. The standard InChI is InChI=1S/C11H12N2O2S/c1-2-16(15)8-11(14)13-10-5-3-9(7-12)4-6-10/h3-6H,2,8H2,1H3,(H,13,14). The first kappa shape index (κ1) is 12.4. The Bertz CT molecular complexity index is 434. The van der Waals surface area contributed by atoms with E-state index >= 15 is 0 Å². The van der Waals surface area contributed by atoms with Crippen molar-refractivity contribution in [1.29, 1.82) is 5.26 Å². The van der Waals surface area contributed by atoms with E-state index in [1.165, 1.54) is 0 Å². The minimum Gasteiger partial charge on any atom is -0.325 e. The van der Waals surface area contributed by atoms with Crippen molar-refractivity contribution in [3.8, 4) is 6.07 Å². The fraction of sp³-hybridized carbons (Fsp3) is 0.273. The van der Waals surface area contributed by atoms with Gasteiger partial charge < -0.3 is 5.32 Å². The third kappa shape index (κ3) is 3.83. The number of nitrogens with one attached hydrogen (secondary N) is 1. The smallest absolute Gasteiger partial charge is 0.236 e. The number of rotatable bonds is 4. The molecule has 1 rings (SSSR count). The molecule has 0 saturated carbocycles. The maximum absolute atomic E-state index is 11.4. The summed E-state index contributed by atoms with van der Waals surface area (Å²) in [4.78, 5) is 11.4. The molecule has 1 amide bonds. The normalized spacial score (nSPS) is 11.5. The summed E-state index contributed by atoms with van der Waals surface area (Å²) in [6.45, 7) is 1.77. The Balaban J connectivity index is 2.57. The zero-order valence-electron chi connectivity index (χ0n) is 8.90. The van der Waals surface area contributed by atoms with Gasteiger partial charge in [-0.15, -0.1) is 0 Å². The monoisotopic (exact) mass is 236 g/mol. The van der Waals surface area contributed by atoms with Crippen LogP contribution < -0.4 is 5.32 Å². The lowest BCUT2D eigenvalue weighted by atomic mass is 10.2. The highest BCUT2D eigenvalue weighted by Gasteiger charge is 2.06. The molecule has 1 atom stereocenters. The fourth-order valence-corrected chi connectivity index (χ4v) is 1.64. The van der Waals surface area contributed by atoms with Crippen molar-refractivity contribution in [3.63, 3.8) is 0 Å². The third-order valence-corrected chi connectivity index (χ3v) is 3.14. The first-order chi connectivity index (χ1) is 7.65. The topological polar surface area (TPSA) is 70.0 Å². The van der Waals surface area contributed by atoms with Crippen LogP contribution in [0.15, 0.2) is 24.3 Å². The molecule has 5 heteroatoms. The Morgan fingerprint density at radius 1 is 1.44 bits per heavy atom. The first-order valence-electron chi connectivity index (χ1n) is 4.80. The van der Waals surface area contributed by atoms with E-state index in [1.54, 1.807) is 31.2 Å². The molecule has 0 radical (unpaired) electrons. The van der Waals surface area contributed by atoms with Crippen LogP contribution in [0.1, 0.15) is 12.5 Å². The number of hydrogen-bond donors (Lipinski definition) is 1. The number of nitriles is 1. The molecule has 0 saturated heterocycles. The van der Waals surface area contributed by atoms with E-state index in [0.717, 1.165) is 0 Å². The van der Waals surface area contributed by atoms with Crippen LogP contribution in [0.5, 0.6) is 0 Å². The lowest BCUT2D eigenvalue weighted by Gasteiger charge is -2.04. The van der Waals surface area contributed by atoms with Gasteiger partial charge >= 0.3 is 0 Å². The second-order valence-corrected chi connectivity index (χ2v) is 4.86. The summed E-state index contributed by atoms with van der Waals surface area (Å²) in [5.41, 5.74) is 1.15. The van der Waals surface area contributed by atoms with Crippen LogP contribution in [-0.2, 0) is 15.6 Å². The van der Waals surface area contributed by atoms with Gasteiger partial charge in [-0.1, -0.05) is 6.92 Å². The highest BCUT2D eigenvalue weighted by molar-refractivity contribution is 7.85. The van der Waals surface area contributed by atoms with Crippen molar-refractivity contribution in [2.45, 2.75) is 6.92 Å². The summed E-state index contributed by atoms with van der Waals surface area (Å²) < 4.78 is 11.1. The second kappa shape index (κ2) is 6.03. The van der Waals surface area contributed by atoms with Gasteiger partial charge in [0.1, 0.15) is 5.75 Å². The number of carbonyl (C=O) groups excluding carboxylic acids is 1. The van der Waals surface area contributed by atoms with E-state index < -0.39 is 10.8 Å². The summed E-state index contributed by atoms with van der Waals surface area (Å²) in [5, 5.41) is 11.2. The Morgan fingerprint density at radius 3 is 2.56 bits per heavy atom. The maximum Gasteiger partial charge on any atom is 0.236 e. The number of nitrogens with zero attached hydrogens (tertiary/aromatic N) is 1. The van der Waals surface area contributed by atoms with Gasteiger partial charge in [0.25, 0.3) is 0 Å². The van der Waals surface area contributed by atoms with Crippen LogP contribution in [0.3, 0.4) is 0 Å². The van der Waals surface area contributed by atoms with Crippen LogP contribution >= 0.6 is 0 Å². The van der Waals surface area contributed by atoms with Gasteiger partial charge in [0.15, 0.2) is 0 Å². The lowest BCUT2D eigenvalue weighted by molar-refractivity contribution is -0.113. The highest BCUT2D eigenvalue weighted by atomic mass is 32.2. The summed E-state index contributed by atoms with van der Waals surface area (Å²) >= 11 is 0. The summed E-state index contributed by atoms with van der Waals surface area (Å²) in [5.74, 6) is 0.210. The minimum absolute atomic E-state index is 0.0104. The van der Waals surface area contributed by atoms with Crippen molar-refractivity contribution < 1.29 is 9.00 Å². The van der Waals surface area contributed by atoms with E-state index in [0.29, 0.717) is 17.0 Å². The molecule has 84 valence electrons. The zero-order chi connectivity index (χ0) is 12.0. The van der Waals surface area contributed by atoms with Gasteiger partial charge in [0.05, 0.1) is 11.6 Å². The minimum atomic E-state index is -1.10. The van der Waals surface area contributed by atoms with Gasteiger partial charge in [-0.05, 0) is 24.3 Å². The molecule has 0 aliphatic heterocycles. The van der Waals surface area contributed by atoms with E-state index in [4.69, 9.17) is 5.26 Å². The van der Waals surface area contributed by atoms with E-state index in [1.807, 2.05) is 6.07 Å². The molecule has 1 unspecified atom stereocenters. The largest absolute Gasteiger partial charge is 0.325 e. The number of anilines is 1. The van der Waals surface area contributed by atoms with E-state index in [9.17, 15) is 9.00 Å². The molecule has 1 aromatic carbocycles. The van der Waals surface area contributed by atoms with Crippen LogP contribution in [-0.4, -0.2) is 21.6 Å². The molecule has 0 aliphatic carbocycles. The maximum atomic E-state index is 11.4. The molecule has 1 aromatic rings. The molecule has 4 nitrogen and oxygen atoms in total. The second-order valence-electron chi connectivity index (χ2n) is 3.11. The Labute approximate surface area is 96.7 Å². The summed E-state index contributed by atoms with van der Waals surface area (Å²) in [7, 11) is -1.10. The Hall–Kier alpha value is -1.67. The molecule has 0 heterocycles. The van der Waals surface area contributed by atoms with Crippen molar-refractivity contribution in [3.05, 3.63) is 29.8 Å². The van der Waals surface area contributed by atoms with Crippen molar-refractivity contribution in [2.75, 3.05) is 16.8 Å². The highest BCUT2D eigenvalue weighted by Crippen LogP contribution is 2.08. The van der Waals surface area contributed by atoms with Crippen molar-refractivity contribution in [2.24, 2.45) is 0 Å². The van der Waals surface area contributed by atoms with Gasteiger partial charge in [0.2, 0.25) is 5.91 Å². The molecule has 0 spiro atoms. The zero-order valence-corrected chi connectivity index (χ0v) is 9.71. The van der Waals surface area contributed by atoms with E-state index in [2.05, 4.69) is 5.32 Å². The van der Waals surface area contributed by atoms with Gasteiger partial charge in [0, 0.05) is 22.2 Å². The molecule has 16 heavy (non-hydrogen) atoms. The molecular formula is C11H12N2O2S. The molecule has 0 aliphatic rings. The molecule has 0 fully saturated rings. The van der Waals surface area contributed by atoms with Crippen LogP contribution in [0.2, 0.25) is 0 Å². The quantitative estimate of drug-likeness (QED) is 0.855. The van der Waals surface area contributed by atoms with Gasteiger partial charge in [-0.3, -0.25) is 9.00 Å². The van der Waals surface area contributed by atoms with Gasteiger partial charge in [-0.2, -0.15) is 5.26 Å². The SMILES string of the molecule is CCS(=O)CC(=O)Nc1ccc(C#N)cc1. The van der Waals surface area contributed by atoms with Crippen molar-refractivity contribution in [1.82, 2.24) is 0 Å². The van der Waals surface area contributed by atoms with Gasteiger partial charge in [-0.25, -0.2) is 0 Å². The van der Waals surface area contributed by atoms with Crippen LogP contribution in [0.25, 0.3) is 0 Å². The molecule has 0 aromatic heterocycles. The van der Waals surface area contributed by atoms with Crippen LogP contribution in [0, 0.1) is 11.3 Å². The average molecular weight is 236 g/mol. The number of amides is 1. The molecular weight excluding hydrogens is 224 g/mol. The summed E-state index contributed by atoms with van der Waals surface area (Å²) in [6, 6.07) is 8.51. The molecule has 1 N–H and O–H groups in total.